The van der Waals surface area contributed by atoms with Crippen molar-refractivity contribution in [2.24, 2.45) is 0 Å². The maximum Gasteiger partial charge on any atom is 0.241 e. The summed E-state index contributed by atoms with van der Waals surface area (Å²) in [7, 11) is 0. The van der Waals surface area contributed by atoms with Crippen LogP contribution in [0.4, 0.5) is 22.7 Å². The summed E-state index contributed by atoms with van der Waals surface area (Å²) in [6.07, 6.45) is -0.181. The van der Waals surface area contributed by atoms with Crippen LogP contribution in [0.5, 0.6) is 0 Å². The molecule has 1 aliphatic heterocycles. The molecule has 4 aromatic carbocycles. The van der Waals surface area contributed by atoms with E-state index in [1.54, 1.807) is 42.5 Å². The lowest BCUT2D eigenvalue weighted by atomic mass is 10.1. The van der Waals surface area contributed by atoms with Crippen molar-refractivity contribution in [3.8, 4) is 0 Å². The summed E-state index contributed by atoms with van der Waals surface area (Å²) in [6.45, 7) is 0. The minimum atomic E-state index is -0.361. The Morgan fingerprint density at radius 3 is 2.49 bits per heavy atom. The number of halogens is 2. The van der Waals surface area contributed by atoms with Gasteiger partial charge >= 0.3 is 0 Å². The Balaban J connectivity index is 1.41. The highest BCUT2D eigenvalue weighted by Crippen LogP contribution is 2.40. The van der Waals surface area contributed by atoms with Crippen molar-refractivity contribution >= 4 is 74.4 Å². The van der Waals surface area contributed by atoms with Gasteiger partial charge in [-0.15, -0.1) is 0 Å². The number of rotatable bonds is 4. The zero-order valence-electron chi connectivity index (χ0n) is 18.3. The van der Waals surface area contributed by atoms with Crippen molar-refractivity contribution in [3.05, 3.63) is 94.5 Å². The lowest BCUT2D eigenvalue weighted by Gasteiger charge is -2.23. The molecule has 4 aromatic rings. The lowest BCUT2D eigenvalue weighted by Crippen LogP contribution is -2.26. The number of carbonyl (C=O) groups is 3. The number of hydrogen-bond acceptors (Lipinski definition) is 3. The summed E-state index contributed by atoms with van der Waals surface area (Å²) in [5.74, 6) is -0.940. The van der Waals surface area contributed by atoms with Gasteiger partial charge in [-0.1, -0.05) is 59.6 Å². The average Bonchev–Trinajstić information content (AvgIpc) is 2.96. The Morgan fingerprint density at radius 2 is 1.71 bits per heavy atom. The van der Waals surface area contributed by atoms with Gasteiger partial charge in [-0.05, 0) is 53.4 Å². The van der Waals surface area contributed by atoms with Crippen LogP contribution >= 0.6 is 23.2 Å². The molecule has 0 saturated heterocycles. The number of anilines is 4. The second-order valence-electron chi connectivity index (χ2n) is 8.14. The fourth-order valence-corrected chi connectivity index (χ4v) is 4.61. The number of fused-ring (bicyclic) bond motifs is 3. The Morgan fingerprint density at radius 1 is 0.943 bits per heavy atom. The molecule has 0 bridgehead atoms. The Kier molecular flexibility index (Phi) is 6.16. The van der Waals surface area contributed by atoms with Crippen molar-refractivity contribution in [2.45, 2.75) is 12.8 Å². The van der Waals surface area contributed by atoms with E-state index in [4.69, 9.17) is 23.2 Å². The number of nitrogens with zero attached hydrogens (tertiary/aromatic N) is 1. The monoisotopic (exact) mass is 503 g/mol. The molecule has 1 heterocycles. The summed E-state index contributed by atoms with van der Waals surface area (Å²) in [4.78, 5) is 39.5. The second kappa shape index (κ2) is 9.41. The number of hydrogen-bond donors (Lipinski definition) is 2. The van der Waals surface area contributed by atoms with Crippen LogP contribution < -0.4 is 15.5 Å². The van der Waals surface area contributed by atoms with Crippen LogP contribution in [-0.2, 0) is 20.8 Å². The number of nitrogens with one attached hydrogen (secondary N) is 2. The lowest BCUT2D eigenvalue weighted by molar-refractivity contribution is -0.124. The van der Waals surface area contributed by atoms with Gasteiger partial charge < -0.3 is 10.6 Å². The average molecular weight is 504 g/mol. The standard InChI is InChI=1S/C27H19Cl2N3O3/c28-18-7-5-17(22(29)14-18)13-24(33)30-19-8-10-20(11-9-19)32-23-12-6-16-3-1-2-4-21(16)27(23)31-25(34)15-26(32)35/h1-12,14H,13,15H2,(H,30,33)(H,31,34). The fourth-order valence-electron chi connectivity index (χ4n) is 4.13. The van der Waals surface area contributed by atoms with E-state index in [-0.39, 0.29) is 30.6 Å². The van der Waals surface area contributed by atoms with Crippen LogP contribution in [0.15, 0.2) is 78.9 Å². The minimum Gasteiger partial charge on any atom is -0.326 e. The highest BCUT2D eigenvalue weighted by Gasteiger charge is 2.28. The highest BCUT2D eigenvalue weighted by atomic mass is 35.5. The molecule has 35 heavy (non-hydrogen) atoms. The molecule has 1 aliphatic rings. The van der Waals surface area contributed by atoms with Gasteiger partial charge in [0, 0.05) is 26.8 Å². The first-order chi connectivity index (χ1) is 16.9. The highest BCUT2D eigenvalue weighted by molar-refractivity contribution is 6.35. The summed E-state index contributed by atoms with van der Waals surface area (Å²) < 4.78 is 0. The second-order valence-corrected chi connectivity index (χ2v) is 8.99. The van der Waals surface area contributed by atoms with E-state index in [1.165, 1.54) is 4.90 Å². The van der Waals surface area contributed by atoms with Crippen LogP contribution in [-0.4, -0.2) is 17.7 Å². The van der Waals surface area contributed by atoms with Gasteiger partial charge in [0.2, 0.25) is 17.7 Å². The van der Waals surface area contributed by atoms with Gasteiger partial charge in [-0.3, -0.25) is 19.3 Å². The zero-order valence-corrected chi connectivity index (χ0v) is 19.9. The van der Waals surface area contributed by atoms with Gasteiger partial charge in [0.05, 0.1) is 17.8 Å². The molecule has 0 fully saturated rings. The molecule has 0 aromatic heterocycles. The molecule has 0 atom stereocenters. The van der Waals surface area contributed by atoms with Crippen LogP contribution in [0.1, 0.15) is 12.0 Å². The van der Waals surface area contributed by atoms with Crippen molar-refractivity contribution < 1.29 is 14.4 Å². The maximum atomic E-state index is 13.0. The quantitative estimate of drug-likeness (QED) is 0.319. The molecular formula is C27H19Cl2N3O3. The third-order valence-corrected chi connectivity index (χ3v) is 6.34. The number of carbonyl (C=O) groups excluding carboxylic acids is 3. The van der Waals surface area contributed by atoms with Crippen molar-refractivity contribution in [1.29, 1.82) is 0 Å². The van der Waals surface area contributed by atoms with Crippen molar-refractivity contribution in [2.75, 3.05) is 15.5 Å². The number of benzene rings is 4. The SMILES string of the molecule is O=C(Cc1ccc(Cl)cc1Cl)Nc1ccc(N2C(=O)CC(=O)Nc3c2ccc2ccccc32)cc1. The van der Waals surface area contributed by atoms with Gasteiger partial charge in [-0.25, -0.2) is 0 Å². The molecule has 6 nitrogen and oxygen atoms in total. The van der Waals surface area contributed by atoms with E-state index in [9.17, 15) is 14.4 Å². The van der Waals surface area contributed by atoms with E-state index in [0.29, 0.717) is 38.4 Å². The first-order valence-corrected chi connectivity index (χ1v) is 11.6. The predicted molar refractivity (Wildman–Crippen MR) is 140 cm³/mol. The van der Waals surface area contributed by atoms with Crippen molar-refractivity contribution in [3.63, 3.8) is 0 Å². The first kappa shape index (κ1) is 22.9. The molecule has 3 amide bonds. The van der Waals surface area contributed by atoms with Gasteiger partial charge in [0.25, 0.3) is 0 Å². The molecule has 174 valence electrons. The minimum absolute atomic E-state index is 0.0938. The van der Waals surface area contributed by atoms with E-state index in [2.05, 4.69) is 10.6 Å². The van der Waals surface area contributed by atoms with Crippen molar-refractivity contribution in [1.82, 2.24) is 0 Å². The molecule has 0 spiro atoms. The molecule has 5 rings (SSSR count). The summed E-state index contributed by atoms with van der Waals surface area (Å²) in [6, 6.07) is 23.3. The summed E-state index contributed by atoms with van der Waals surface area (Å²) in [5.41, 5.74) is 3.01. The topological polar surface area (TPSA) is 78.5 Å². The molecule has 0 unspecified atom stereocenters. The van der Waals surface area contributed by atoms with Crippen LogP contribution in [0, 0.1) is 0 Å². The van der Waals surface area contributed by atoms with Gasteiger partial charge in [0.15, 0.2) is 0 Å². The van der Waals surface area contributed by atoms with E-state index < -0.39 is 0 Å². The van der Waals surface area contributed by atoms with E-state index >= 15 is 0 Å². The largest absolute Gasteiger partial charge is 0.326 e. The predicted octanol–water partition coefficient (Wildman–Crippen LogP) is 6.33. The maximum absolute atomic E-state index is 13.0. The molecule has 2 N–H and O–H groups in total. The first-order valence-electron chi connectivity index (χ1n) is 10.9. The van der Waals surface area contributed by atoms with Gasteiger partial charge in [0.1, 0.15) is 6.42 Å². The van der Waals surface area contributed by atoms with E-state index in [1.807, 2.05) is 36.4 Å². The third kappa shape index (κ3) is 4.71. The Bertz CT molecular complexity index is 1490. The van der Waals surface area contributed by atoms with E-state index in [0.717, 1.165) is 10.8 Å². The number of amides is 3. The molecule has 0 saturated carbocycles. The molecule has 8 heteroatoms. The van der Waals surface area contributed by atoms with Crippen LogP contribution in [0.25, 0.3) is 10.8 Å². The molecule has 0 radical (unpaired) electrons. The fraction of sp³-hybridized carbons (Fsp3) is 0.0741. The summed E-state index contributed by atoms with van der Waals surface area (Å²) in [5, 5.41) is 8.46. The summed E-state index contributed by atoms with van der Waals surface area (Å²) >= 11 is 12.1. The third-order valence-electron chi connectivity index (χ3n) is 5.75. The zero-order chi connectivity index (χ0) is 24.5. The van der Waals surface area contributed by atoms with Gasteiger partial charge in [-0.2, -0.15) is 0 Å². The van der Waals surface area contributed by atoms with Crippen LogP contribution in [0.2, 0.25) is 10.0 Å². The van der Waals surface area contributed by atoms with Crippen LogP contribution in [0.3, 0.4) is 0 Å². The molecular weight excluding hydrogens is 485 g/mol. The Labute approximate surface area is 211 Å². The Hall–Kier alpha value is -3.87. The normalized spacial score (nSPS) is 13.3. The smallest absolute Gasteiger partial charge is 0.241 e. The molecule has 0 aliphatic carbocycles.